The molecule has 1 aliphatic rings. The van der Waals surface area contributed by atoms with E-state index in [2.05, 4.69) is 20.6 Å². The third-order valence-corrected chi connectivity index (χ3v) is 3.73. The number of hydrogen-bond donors (Lipinski definition) is 2. The molecule has 2 N–H and O–H groups in total. The van der Waals surface area contributed by atoms with Gasteiger partial charge in [0, 0.05) is 23.3 Å². The number of urea groups is 1. The summed E-state index contributed by atoms with van der Waals surface area (Å²) in [6.07, 6.45) is 4.03. The highest BCUT2D eigenvalue weighted by atomic mass is 16.2. The first-order valence-corrected chi connectivity index (χ1v) is 7.55. The Hall–Kier alpha value is -2.43. The van der Waals surface area contributed by atoms with Crippen LogP contribution in [-0.2, 0) is 0 Å². The van der Waals surface area contributed by atoms with Crippen LogP contribution in [0.25, 0.3) is 0 Å². The van der Waals surface area contributed by atoms with E-state index in [0.717, 1.165) is 35.6 Å². The molecule has 0 aromatic carbocycles. The fourth-order valence-electron chi connectivity index (χ4n) is 2.64. The van der Waals surface area contributed by atoms with E-state index in [4.69, 9.17) is 0 Å². The molecular formula is C17H20N4O. The molecule has 0 aliphatic heterocycles. The van der Waals surface area contributed by atoms with E-state index in [1.54, 1.807) is 6.20 Å². The van der Waals surface area contributed by atoms with Crippen LogP contribution >= 0.6 is 0 Å². The molecule has 3 rings (SSSR count). The van der Waals surface area contributed by atoms with E-state index in [1.807, 2.05) is 44.2 Å². The largest absolute Gasteiger partial charge is 0.329 e. The molecule has 1 aliphatic carbocycles. The predicted molar refractivity (Wildman–Crippen MR) is 85.6 cm³/mol. The summed E-state index contributed by atoms with van der Waals surface area (Å²) in [5.74, 6) is 0.488. The van der Waals surface area contributed by atoms with Crippen molar-refractivity contribution in [3.63, 3.8) is 0 Å². The summed E-state index contributed by atoms with van der Waals surface area (Å²) >= 11 is 0. The molecule has 0 bridgehead atoms. The van der Waals surface area contributed by atoms with Crippen LogP contribution in [0.2, 0.25) is 0 Å². The highest BCUT2D eigenvalue weighted by molar-refractivity contribution is 5.89. The lowest BCUT2D eigenvalue weighted by molar-refractivity contribution is 0.246. The van der Waals surface area contributed by atoms with Crippen molar-refractivity contribution in [2.45, 2.75) is 32.7 Å². The Bertz CT molecular complexity index is 647. The number of nitrogens with one attached hydrogen (secondary N) is 2. The van der Waals surface area contributed by atoms with Crippen molar-refractivity contribution < 1.29 is 4.79 Å². The van der Waals surface area contributed by atoms with Gasteiger partial charge in [0.05, 0.1) is 11.7 Å². The van der Waals surface area contributed by atoms with Crippen molar-refractivity contribution in [2.75, 3.05) is 5.32 Å². The van der Waals surface area contributed by atoms with Crippen LogP contribution in [-0.4, -0.2) is 16.0 Å². The highest BCUT2D eigenvalue weighted by Crippen LogP contribution is 2.40. The van der Waals surface area contributed by atoms with Crippen molar-refractivity contribution in [3.8, 4) is 0 Å². The molecular weight excluding hydrogens is 276 g/mol. The molecule has 1 unspecified atom stereocenters. The van der Waals surface area contributed by atoms with Crippen LogP contribution in [0, 0.1) is 19.8 Å². The lowest BCUT2D eigenvalue weighted by Crippen LogP contribution is -2.34. The fourth-order valence-corrected chi connectivity index (χ4v) is 2.64. The number of hydrogen-bond acceptors (Lipinski definition) is 3. The number of anilines is 1. The average Bonchev–Trinajstić information content (AvgIpc) is 3.29. The molecule has 5 nitrogen and oxygen atoms in total. The number of amides is 2. The van der Waals surface area contributed by atoms with Gasteiger partial charge in [-0.2, -0.15) is 0 Å². The Morgan fingerprint density at radius 2 is 1.95 bits per heavy atom. The maximum Gasteiger partial charge on any atom is 0.319 e. The van der Waals surface area contributed by atoms with Gasteiger partial charge >= 0.3 is 6.03 Å². The van der Waals surface area contributed by atoms with Crippen LogP contribution in [0.3, 0.4) is 0 Å². The number of aryl methyl sites for hydroxylation is 2. The lowest BCUT2D eigenvalue weighted by atomic mass is 10.1. The Morgan fingerprint density at radius 3 is 2.55 bits per heavy atom. The van der Waals surface area contributed by atoms with E-state index in [1.165, 1.54) is 0 Å². The highest BCUT2D eigenvalue weighted by Gasteiger charge is 2.34. The SMILES string of the molecule is Cc1cc(NC(=O)NC(c2ccccn2)C2CC2)cc(C)n1. The molecule has 1 saturated carbocycles. The number of aromatic nitrogens is 2. The van der Waals surface area contributed by atoms with Gasteiger partial charge in [0.15, 0.2) is 0 Å². The van der Waals surface area contributed by atoms with Gasteiger partial charge in [-0.1, -0.05) is 6.07 Å². The summed E-state index contributed by atoms with van der Waals surface area (Å²) in [4.78, 5) is 21.0. The Labute approximate surface area is 130 Å². The zero-order chi connectivity index (χ0) is 15.5. The van der Waals surface area contributed by atoms with Crippen LogP contribution in [0.4, 0.5) is 10.5 Å². The van der Waals surface area contributed by atoms with Gasteiger partial charge in [-0.05, 0) is 56.9 Å². The van der Waals surface area contributed by atoms with Crippen molar-refractivity contribution in [1.29, 1.82) is 0 Å². The molecule has 0 saturated heterocycles. The molecule has 2 aromatic rings. The predicted octanol–water partition coefficient (Wildman–Crippen LogP) is 3.37. The monoisotopic (exact) mass is 296 g/mol. The molecule has 1 fully saturated rings. The van der Waals surface area contributed by atoms with E-state index >= 15 is 0 Å². The first-order valence-electron chi connectivity index (χ1n) is 7.55. The smallest absolute Gasteiger partial charge is 0.319 e. The Balaban J connectivity index is 1.69. The summed E-state index contributed by atoms with van der Waals surface area (Å²) in [6, 6.07) is 9.30. The van der Waals surface area contributed by atoms with Crippen LogP contribution in [0.5, 0.6) is 0 Å². The van der Waals surface area contributed by atoms with Gasteiger partial charge in [0.1, 0.15) is 0 Å². The van der Waals surface area contributed by atoms with Gasteiger partial charge < -0.3 is 10.6 Å². The minimum atomic E-state index is -0.201. The topological polar surface area (TPSA) is 66.9 Å². The second-order valence-corrected chi connectivity index (χ2v) is 5.81. The van der Waals surface area contributed by atoms with Gasteiger partial charge in [0.25, 0.3) is 0 Å². The van der Waals surface area contributed by atoms with Crippen molar-refractivity contribution in [2.24, 2.45) is 5.92 Å². The van der Waals surface area contributed by atoms with Crippen molar-refractivity contribution >= 4 is 11.7 Å². The molecule has 0 spiro atoms. The summed E-state index contributed by atoms with van der Waals surface area (Å²) in [5, 5.41) is 5.94. The van der Waals surface area contributed by atoms with Crippen LogP contribution in [0.15, 0.2) is 36.5 Å². The third kappa shape index (κ3) is 3.61. The van der Waals surface area contributed by atoms with Gasteiger partial charge in [-0.25, -0.2) is 4.79 Å². The van der Waals surface area contributed by atoms with Crippen molar-refractivity contribution in [3.05, 3.63) is 53.6 Å². The standard InChI is InChI=1S/C17H20N4O/c1-11-9-14(10-12(2)19-11)20-17(22)21-16(13-6-7-13)15-5-3-4-8-18-15/h3-5,8-10,13,16H,6-7H2,1-2H3,(H2,19,20,21,22). The van der Waals surface area contributed by atoms with E-state index in [0.29, 0.717) is 5.92 Å². The van der Waals surface area contributed by atoms with Gasteiger partial charge in [-0.3, -0.25) is 9.97 Å². The zero-order valence-electron chi connectivity index (χ0n) is 12.8. The molecule has 5 heteroatoms. The van der Waals surface area contributed by atoms with Crippen molar-refractivity contribution in [1.82, 2.24) is 15.3 Å². The minimum Gasteiger partial charge on any atom is -0.329 e. The first kappa shape index (κ1) is 14.5. The second-order valence-electron chi connectivity index (χ2n) is 5.81. The van der Waals surface area contributed by atoms with Gasteiger partial charge in [-0.15, -0.1) is 0 Å². The minimum absolute atomic E-state index is 0.0229. The number of carbonyl (C=O) groups excluding carboxylic acids is 1. The molecule has 2 heterocycles. The maximum atomic E-state index is 12.3. The summed E-state index contributed by atoms with van der Waals surface area (Å²) in [7, 11) is 0. The molecule has 1 atom stereocenters. The lowest BCUT2D eigenvalue weighted by Gasteiger charge is -2.18. The fraction of sp³-hybridized carbons (Fsp3) is 0.353. The zero-order valence-corrected chi connectivity index (χ0v) is 12.8. The quantitative estimate of drug-likeness (QED) is 0.909. The van der Waals surface area contributed by atoms with E-state index in [-0.39, 0.29) is 12.1 Å². The third-order valence-electron chi connectivity index (χ3n) is 3.73. The van der Waals surface area contributed by atoms with Gasteiger partial charge in [0.2, 0.25) is 0 Å². The number of nitrogens with zero attached hydrogens (tertiary/aromatic N) is 2. The maximum absolute atomic E-state index is 12.3. The average molecular weight is 296 g/mol. The summed E-state index contributed by atoms with van der Waals surface area (Å²) < 4.78 is 0. The number of carbonyl (C=O) groups is 1. The molecule has 2 aromatic heterocycles. The Morgan fingerprint density at radius 1 is 1.23 bits per heavy atom. The molecule has 114 valence electrons. The van der Waals surface area contributed by atoms with Crippen LogP contribution < -0.4 is 10.6 Å². The summed E-state index contributed by atoms with van der Waals surface area (Å²) in [6.45, 7) is 3.83. The van der Waals surface area contributed by atoms with Crippen LogP contribution in [0.1, 0.15) is 36.0 Å². The molecule has 22 heavy (non-hydrogen) atoms. The normalized spacial score (nSPS) is 15.2. The second kappa shape index (κ2) is 6.13. The first-order chi connectivity index (χ1) is 10.6. The van der Waals surface area contributed by atoms with E-state index in [9.17, 15) is 4.79 Å². The Kier molecular flexibility index (Phi) is 4.04. The number of rotatable bonds is 4. The van der Waals surface area contributed by atoms with E-state index < -0.39 is 0 Å². The molecule has 0 radical (unpaired) electrons. The number of pyridine rings is 2. The molecule has 2 amide bonds. The summed E-state index contributed by atoms with van der Waals surface area (Å²) in [5.41, 5.74) is 3.46.